The van der Waals surface area contributed by atoms with Crippen molar-refractivity contribution in [2.24, 2.45) is 0 Å². The van der Waals surface area contributed by atoms with E-state index in [9.17, 15) is 0 Å². The molecule has 84 valence electrons. The van der Waals surface area contributed by atoms with Crippen molar-refractivity contribution in [1.29, 1.82) is 0 Å². The van der Waals surface area contributed by atoms with Crippen LogP contribution in [-0.2, 0) is 14.2 Å². The van der Waals surface area contributed by atoms with E-state index in [1.54, 1.807) is 0 Å². The molecule has 0 aromatic heterocycles. The van der Waals surface area contributed by atoms with Gasteiger partial charge in [-0.1, -0.05) is 12.2 Å². The lowest BCUT2D eigenvalue weighted by atomic mass is 10.1. The van der Waals surface area contributed by atoms with E-state index in [1.165, 1.54) is 11.1 Å². The predicted molar refractivity (Wildman–Crippen MR) is 57.3 cm³/mol. The van der Waals surface area contributed by atoms with Gasteiger partial charge in [-0.25, -0.2) is 0 Å². The third kappa shape index (κ3) is 2.30. The quantitative estimate of drug-likeness (QED) is 0.574. The summed E-state index contributed by atoms with van der Waals surface area (Å²) >= 11 is 0. The van der Waals surface area contributed by atoms with Crippen molar-refractivity contribution in [1.82, 2.24) is 0 Å². The molecule has 0 radical (unpaired) electrons. The Bertz CT molecular complexity index is 238. The monoisotopic (exact) mass is 210 g/mol. The van der Waals surface area contributed by atoms with Crippen LogP contribution >= 0.6 is 0 Å². The summed E-state index contributed by atoms with van der Waals surface area (Å²) in [7, 11) is 0. The molecule has 1 spiro atoms. The summed E-state index contributed by atoms with van der Waals surface area (Å²) in [6.07, 6.45) is 5.94. The molecular formula is C12H18O3. The number of allylic oxidation sites excluding steroid dienone is 2. The molecule has 0 atom stereocenters. The van der Waals surface area contributed by atoms with Crippen LogP contribution < -0.4 is 0 Å². The van der Waals surface area contributed by atoms with E-state index in [4.69, 9.17) is 14.2 Å². The van der Waals surface area contributed by atoms with E-state index < -0.39 is 5.97 Å². The second-order valence-electron chi connectivity index (χ2n) is 3.94. The molecule has 3 heteroatoms. The fourth-order valence-corrected chi connectivity index (χ4v) is 1.77. The highest BCUT2D eigenvalue weighted by molar-refractivity contribution is 5.07. The highest BCUT2D eigenvalue weighted by Crippen LogP contribution is 2.33. The molecule has 2 aliphatic rings. The Morgan fingerprint density at radius 2 is 1.47 bits per heavy atom. The maximum Gasteiger partial charge on any atom is 0.284 e. The van der Waals surface area contributed by atoms with Gasteiger partial charge in [-0.3, -0.25) is 0 Å². The van der Waals surface area contributed by atoms with Gasteiger partial charge in [0.15, 0.2) is 0 Å². The standard InChI is InChI=1S/C12H18O3/c1-3-10-5-6-12(13-7-10)14-8-11(4-2)9-15-12/h3-4H,5-9H2,1-2H3. The molecule has 2 aliphatic heterocycles. The van der Waals surface area contributed by atoms with Crippen LogP contribution in [0.3, 0.4) is 0 Å². The Kier molecular flexibility index (Phi) is 3.24. The van der Waals surface area contributed by atoms with E-state index in [-0.39, 0.29) is 0 Å². The van der Waals surface area contributed by atoms with Crippen molar-refractivity contribution in [3.8, 4) is 0 Å². The first kappa shape index (κ1) is 10.9. The molecule has 15 heavy (non-hydrogen) atoms. The maximum atomic E-state index is 5.66. The summed E-state index contributed by atoms with van der Waals surface area (Å²) in [5.74, 6) is -0.765. The normalized spacial score (nSPS) is 34.8. The van der Waals surface area contributed by atoms with Crippen molar-refractivity contribution in [3.05, 3.63) is 23.3 Å². The summed E-state index contributed by atoms with van der Waals surface area (Å²) < 4.78 is 17.0. The van der Waals surface area contributed by atoms with Crippen molar-refractivity contribution in [2.45, 2.75) is 32.7 Å². The average molecular weight is 210 g/mol. The Hall–Kier alpha value is -0.640. The van der Waals surface area contributed by atoms with Gasteiger partial charge >= 0.3 is 0 Å². The minimum atomic E-state index is -0.765. The molecule has 0 N–H and O–H groups in total. The van der Waals surface area contributed by atoms with Crippen molar-refractivity contribution in [3.63, 3.8) is 0 Å². The van der Waals surface area contributed by atoms with Gasteiger partial charge in [0.1, 0.15) is 0 Å². The zero-order chi connectivity index (χ0) is 10.7. The van der Waals surface area contributed by atoms with Crippen LogP contribution in [0.15, 0.2) is 23.3 Å². The van der Waals surface area contributed by atoms with Gasteiger partial charge in [0, 0.05) is 6.42 Å². The highest BCUT2D eigenvalue weighted by atomic mass is 16.9. The lowest BCUT2D eigenvalue weighted by Gasteiger charge is -2.40. The van der Waals surface area contributed by atoms with Crippen LogP contribution in [0.4, 0.5) is 0 Å². The maximum absolute atomic E-state index is 5.66. The van der Waals surface area contributed by atoms with Gasteiger partial charge in [0.2, 0.25) is 0 Å². The molecule has 0 bridgehead atoms. The zero-order valence-electron chi connectivity index (χ0n) is 9.41. The molecule has 2 saturated heterocycles. The van der Waals surface area contributed by atoms with E-state index >= 15 is 0 Å². The Morgan fingerprint density at radius 1 is 0.933 bits per heavy atom. The fraction of sp³-hybridized carbons (Fsp3) is 0.667. The van der Waals surface area contributed by atoms with Gasteiger partial charge in [0.05, 0.1) is 19.8 Å². The van der Waals surface area contributed by atoms with Crippen LogP contribution in [0.2, 0.25) is 0 Å². The van der Waals surface area contributed by atoms with Crippen LogP contribution in [0.25, 0.3) is 0 Å². The summed E-state index contributed by atoms with van der Waals surface area (Å²) in [6.45, 7) is 5.92. The van der Waals surface area contributed by atoms with Crippen LogP contribution in [-0.4, -0.2) is 25.8 Å². The molecule has 0 aliphatic carbocycles. The smallest absolute Gasteiger partial charge is 0.284 e. The number of ether oxygens (including phenoxy) is 3. The summed E-state index contributed by atoms with van der Waals surface area (Å²) in [5, 5.41) is 0. The van der Waals surface area contributed by atoms with Gasteiger partial charge in [-0.2, -0.15) is 0 Å². The molecule has 2 rings (SSSR count). The Labute approximate surface area is 90.7 Å². The van der Waals surface area contributed by atoms with Crippen molar-refractivity contribution in [2.75, 3.05) is 19.8 Å². The van der Waals surface area contributed by atoms with Crippen molar-refractivity contribution < 1.29 is 14.2 Å². The third-order valence-electron chi connectivity index (χ3n) is 3.00. The molecule has 0 unspecified atom stereocenters. The van der Waals surface area contributed by atoms with Crippen LogP contribution in [0, 0.1) is 0 Å². The number of rotatable bonds is 0. The van der Waals surface area contributed by atoms with Gasteiger partial charge in [0.25, 0.3) is 5.97 Å². The van der Waals surface area contributed by atoms with E-state index in [1.807, 2.05) is 19.9 Å². The topological polar surface area (TPSA) is 27.7 Å². The molecule has 0 aromatic rings. The second-order valence-corrected chi connectivity index (χ2v) is 3.94. The Balaban J connectivity index is 1.94. The van der Waals surface area contributed by atoms with Gasteiger partial charge in [-0.15, -0.1) is 0 Å². The van der Waals surface area contributed by atoms with E-state index in [0.717, 1.165) is 12.8 Å². The average Bonchev–Trinajstić information content (AvgIpc) is 2.31. The minimum Gasteiger partial charge on any atom is -0.323 e. The molecule has 3 nitrogen and oxygen atoms in total. The van der Waals surface area contributed by atoms with Crippen LogP contribution in [0.5, 0.6) is 0 Å². The molecule has 2 fully saturated rings. The summed E-state index contributed by atoms with van der Waals surface area (Å²) in [4.78, 5) is 0. The van der Waals surface area contributed by atoms with Gasteiger partial charge < -0.3 is 14.2 Å². The lowest BCUT2D eigenvalue weighted by Crippen LogP contribution is -2.46. The van der Waals surface area contributed by atoms with Crippen LogP contribution in [0.1, 0.15) is 26.7 Å². The molecular weight excluding hydrogens is 192 g/mol. The first-order valence-corrected chi connectivity index (χ1v) is 5.48. The van der Waals surface area contributed by atoms with Crippen molar-refractivity contribution >= 4 is 0 Å². The molecule has 0 amide bonds. The highest BCUT2D eigenvalue weighted by Gasteiger charge is 2.39. The third-order valence-corrected chi connectivity index (χ3v) is 3.00. The summed E-state index contributed by atoms with van der Waals surface area (Å²) in [6, 6.07) is 0. The second kappa shape index (κ2) is 4.47. The fourth-order valence-electron chi connectivity index (χ4n) is 1.77. The van der Waals surface area contributed by atoms with Gasteiger partial charge in [-0.05, 0) is 31.4 Å². The first-order valence-electron chi connectivity index (χ1n) is 5.48. The Morgan fingerprint density at radius 3 is 1.87 bits per heavy atom. The SMILES string of the molecule is CC=C1CCC2(OC1)OCC(=CC)CO2. The summed E-state index contributed by atoms with van der Waals surface area (Å²) in [5.41, 5.74) is 2.51. The van der Waals surface area contributed by atoms with E-state index in [0.29, 0.717) is 19.8 Å². The molecule has 2 heterocycles. The molecule has 0 aromatic carbocycles. The predicted octanol–water partition coefficient (Wildman–Crippen LogP) is 2.39. The minimum absolute atomic E-state index is 0.627. The molecule has 0 saturated carbocycles. The van der Waals surface area contributed by atoms with E-state index in [2.05, 4.69) is 6.08 Å². The first-order chi connectivity index (χ1) is 7.28. The lowest BCUT2D eigenvalue weighted by molar-refractivity contribution is -0.394. The largest absolute Gasteiger partial charge is 0.323 e. The number of hydrogen-bond donors (Lipinski definition) is 0. The zero-order valence-corrected chi connectivity index (χ0v) is 9.41. The number of hydrogen-bond acceptors (Lipinski definition) is 3.